The number of benzene rings is 1. The van der Waals surface area contributed by atoms with E-state index in [0.717, 1.165) is 5.56 Å². The highest BCUT2D eigenvalue weighted by molar-refractivity contribution is 5.73. The molecule has 0 saturated carbocycles. The van der Waals surface area contributed by atoms with E-state index in [1.165, 1.54) is 6.92 Å². The zero-order valence-corrected chi connectivity index (χ0v) is 16.4. The van der Waals surface area contributed by atoms with Crippen LogP contribution in [0.15, 0.2) is 30.3 Å². The molecule has 0 spiro atoms. The molecular formula is C20H29NO8. The number of amides is 1. The van der Waals surface area contributed by atoms with Gasteiger partial charge in [0.05, 0.1) is 6.61 Å². The zero-order chi connectivity index (χ0) is 21.2. The molecule has 0 aliphatic carbocycles. The Kier molecular flexibility index (Phi) is 9.49. The minimum Gasteiger partial charge on any atom is -0.461 e. The van der Waals surface area contributed by atoms with Crippen LogP contribution < -0.4 is 5.32 Å². The molecule has 0 bridgehead atoms. The third-order valence-electron chi connectivity index (χ3n) is 4.55. The molecule has 29 heavy (non-hydrogen) atoms. The number of hydrogen-bond donors (Lipinski definition) is 4. The molecule has 4 N–H and O–H groups in total. The summed E-state index contributed by atoms with van der Waals surface area (Å²) < 4.78 is 16.2. The predicted molar refractivity (Wildman–Crippen MR) is 101 cm³/mol. The lowest BCUT2D eigenvalue weighted by Gasteiger charge is -2.42. The molecule has 1 aromatic rings. The first kappa shape index (κ1) is 23.2. The Morgan fingerprint density at radius 2 is 1.86 bits per heavy atom. The fourth-order valence-electron chi connectivity index (χ4n) is 2.99. The maximum atomic E-state index is 11.8. The van der Waals surface area contributed by atoms with E-state index in [0.29, 0.717) is 12.8 Å². The smallest absolute Gasteiger partial charge is 0.306 e. The van der Waals surface area contributed by atoms with E-state index in [4.69, 9.17) is 14.2 Å². The molecule has 162 valence electrons. The van der Waals surface area contributed by atoms with Crippen molar-refractivity contribution in [2.24, 2.45) is 0 Å². The fraction of sp³-hybridized carbons (Fsp3) is 0.600. The first-order valence-electron chi connectivity index (χ1n) is 9.63. The fourth-order valence-corrected chi connectivity index (χ4v) is 2.99. The summed E-state index contributed by atoms with van der Waals surface area (Å²) in [6.45, 7) is 1.20. The lowest BCUT2D eigenvalue weighted by atomic mass is 9.97. The second kappa shape index (κ2) is 11.8. The molecule has 1 amide bonds. The van der Waals surface area contributed by atoms with Gasteiger partial charge in [0.2, 0.25) is 5.91 Å². The summed E-state index contributed by atoms with van der Waals surface area (Å²) in [6.07, 6.45) is -3.46. The van der Waals surface area contributed by atoms with Crippen molar-refractivity contribution in [2.75, 3.05) is 13.2 Å². The van der Waals surface area contributed by atoms with Crippen LogP contribution >= 0.6 is 0 Å². The van der Waals surface area contributed by atoms with Crippen LogP contribution in [0, 0.1) is 0 Å². The third-order valence-corrected chi connectivity index (χ3v) is 4.55. The van der Waals surface area contributed by atoms with Gasteiger partial charge in [-0.15, -0.1) is 0 Å². The van der Waals surface area contributed by atoms with Crippen molar-refractivity contribution in [3.8, 4) is 0 Å². The van der Waals surface area contributed by atoms with Gasteiger partial charge in [-0.2, -0.15) is 0 Å². The quantitative estimate of drug-likeness (QED) is 0.309. The standard InChI is InChI=1S/C20H29NO8/c1-13(23)21-17-19(26)18(25)15(11-22)29-20(17)27-10-6-5-9-16(24)28-12-14-7-3-2-4-8-14/h2-4,7-8,15,17-20,22,25-26H,5-6,9-12H2,1H3,(H,21,23)/t15-,17-,18+,19-,20-/m1/s1. The van der Waals surface area contributed by atoms with E-state index >= 15 is 0 Å². The average molecular weight is 411 g/mol. The van der Waals surface area contributed by atoms with E-state index in [9.17, 15) is 24.9 Å². The van der Waals surface area contributed by atoms with Crippen LogP contribution in [0.2, 0.25) is 0 Å². The number of aliphatic hydroxyl groups excluding tert-OH is 3. The molecule has 1 aliphatic rings. The molecule has 9 nitrogen and oxygen atoms in total. The summed E-state index contributed by atoms with van der Waals surface area (Å²) in [4.78, 5) is 23.2. The van der Waals surface area contributed by atoms with Gasteiger partial charge in [0, 0.05) is 20.0 Å². The Morgan fingerprint density at radius 3 is 2.52 bits per heavy atom. The molecule has 1 aromatic carbocycles. The first-order valence-corrected chi connectivity index (χ1v) is 9.63. The summed E-state index contributed by atoms with van der Waals surface area (Å²) in [5, 5.41) is 31.9. The predicted octanol–water partition coefficient (Wildman–Crippen LogP) is -0.140. The molecular weight excluding hydrogens is 382 g/mol. The summed E-state index contributed by atoms with van der Waals surface area (Å²) in [6, 6.07) is 8.42. The Bertz CT molecular complexity index is 641. The summed E-state index contributed by atoms with van der Waals surface area (Å²) in [5.41, 5.74) is 0.918. The molecule has 0 unspecified atom stereocenters. The number of carbonyl (C=O) groups excluding carboxylic acids is 2. The molecule has 1 aliphatic heterocycles. The van der Waals surface area contributed by atoms with Crippen molar-refractivity contribution in [3.05, 3.63) is 35.9 Å². The third kappa shape index (κ3) is 7.37. The maximum absolute atomic E-state index is 11.8. The molecule has 0 radical (unpaired) electrons. The number of ether oxygens (including phenoxy) is 3. The van der Waals surface area contributed by atoms with Gasteiger partial charge in [-0.25, -0.2) is 0 Å². The van der Waals surface area contributed by atoms with Gasteiger partial charge >= 0.3 is 5.97 Å². The summed E-state index contributed by atoms with van der Waals surface area (Å²) >= 11 is 0. The maximum Gasteiger partial charge on any atom is 0.306 e. The Hall–Kier alpha value is -2.04. The van der Waals surface area contributed by atoms with Crippen molar-refractivity contribution in [1.29, 1.82) is 0 Å². The minimum absolute atomic E-state index is 0.202. The number of rotatable bonds is 10. The largest absolute Gasteiger partial charge is 0.461 e. The van der Waals surface area contributed by atoms with Crippen molar-refractivity contribution in [3.63, 3.8) is 0 Å². The average Bonchev–Trinajstić information content (AvgIpc) is 2.71. The molecule has 1 heterocycles. The monoisotopic (exact) mass is 411 g/mol. The van der Waals surface area contributed by atoms with Crippen molar-refractivity contribution in [2.45, 2.75) is 63.4 Å². The van der Waals surface area contributed by atoms with Crippen molar-refractivity contribution < 1.29 is 39.1 Å². The number of esters is 1. The molecule has 5 atom stereocenters. The van der Waals surface area contributed by atoms with Gasteiger partial charge in [0.25, 0.3) is 0 Å². The highest BCUT2D eigenvalue weighted by atomic mass is 16.7. The van der Waals surface area contributed by atoms with Crippen LogP contribution in [0.25, 0.3) is 0 Å². The number of carbonyl (C=O) groups is 2. The van der Waals surface area contributed by atoms with Gasteiger partial charge in [-0.3, -0.25) is 9.59 Å². The van der Waals surface area contributed by atoms with E-state index in [2.05, 4.69) is 5.32 Å². The number of hydrogen-bond acceptors (Lipinski definition) is 8. The normalized spacial score (nSPS) is 26.7. The Balaban J connectivity index is 1.71. The molecule has 2 rings (SSSR count). The number of unbranched alkanes of at least 4 members (excludes halogenated alkanes) is 1. The van der Waals surface area contributed by atoms with Crippen LogP contribution in [-0.4, -0.2) is 71.1 Å². The van der Waals surface area contributed by atoms with Gasteiger partial charge < -0.3 is 34.8 Å². The summed E-state index contributed by atoms with van der Waals surface area (Å²) in [5.74, 6) is -0.722. The summed E-state index contributed by atoms with van der Waals surface area (Å²) in [7, 11) is 0. The topological polar surface area (TPSA) is 135 Å². The van der Waals surface area contributed by atoms with Crippen molar-refractivity contribution >= 4 is 11.9 Å². The van der Waals surface area contributed by atoms with Crippen molar-refractivity contribution in [1.82, 2.24) is 5.32 Å². The Morgan fingerprint density at radius 1 is 1.14 bits per heavy atom. The lowest BCUT2D eigenvalue weighted by molar-refractivity contribution is -0.270. The van der Waals surface area contributed by atoms with Crippen LogP contribution in [0.5, 0.6) is 0 Å². The van der Waals surface area contributed by atoms with Gasteiger partial charge in [-0.05, 0) is 18.4 Å². The Labute approximate surface area is 169 Å². The van der Waals surface area contributed by atoms with E-state index in [1.807, 2.05) is 30.3 Å². The van der Waals surface area contributed by atoms with Crippen LogP contribution in [0.3, 0.4) is 0 Å². The van der Waals surface area contributed by atoms with Crippen LogP contribution in [-0.2, 0) is 30.4 Å². The lowest BCUT2D eigenvalue weighted by Crippen LogP contribution is -2.64. The molecule has 9 heteroatoms. The molecule has 1 fully saturated rings. The van der Waals surface area contributed by atoms with E-state index in [-0.39, 0.29) is 25.6 Å². The second-order valence-electron chi connectivity index (χ2n) is 6.91. The highest BCUT2D eigenvalue weighted by Crippen LogP contribution is 2.22. The number of nitrogens with one attached hydrogen (secondary N) is 1. The van der Waals surface area contributed by atoms with Gasteiger partial charge in [-0.1, -0.05) is 30.3 Å². The van der Waals surface area contributed by atoms with Gasteiger partial charge in [0.1, 0.15) is 31.0 Å². The van der Waals surface area contributed by atoms with E-state index < -0.39 is 43.2 Å². The SMILES string of the molecule is CC(=O)N[C@H]1[C@H](OCCCCC(=O)OCc2ccccc2)O[C@H](CO)[C@H](O)[C@@H]1O. The minimum atomic E-state index is -1.35. The molecule has 0 aromatic heterocycles. The highest BCUT2D eigenvalue weighted by Gasteiger charge is 2.45. The van der Waals surface area contributed by atoms with E-state index in [1.54, 1.807) is 0 Å². The first-order chi connectivity index (χ1) is 13.9. The molecule has 1 saturated heterocycles. The number of aliphatic hydroxyl groups is 3. The zero-order valence-electron chi connectivity index (χ0n) is 16.4. The second-order valence-corrected chi connectivity index (χ2v) is 6.91. The van der Waals surface area contributed by atoms with Crippen LogP contribution in [0.4, 0.5) is 0 Å². The van der Waals surface area contributed by atoms with Crippen LogP contribution in [0.1, 0.15) is 31.7 Å². The van der Waals surface area contributed by atoms with Gasteiger partial charge in [0.15, 0.2) is 6.29 Å².